The van der Waals surface area contributed by atoms with Crippen molar-refractivity contribution in [3.8, 4) is 0 Å². The molecular weight excluding hydrogens is 544 g/mol. The average molecular weight is 581 g/mol. The Hall–Kier alpha value is -4.03. The van der Waals surface area contributed by atoms with E-state index < -0.39 is 10.8 Å². The standard InChI is InChI=1S/C29H36N6O5S/c1-29(2,3)27(37)34-14-12-32(13-15-34)23-8-6-22(7-9-23)30-28(41)31-26(36)11-5-21-4-10-24(25(20-21)35(38)39)33-16-18-40-19-17-33/h4-11,20H,12-19H2,1-3H3,(H2,30,31,36,41)/b11-5+. The van der Waals surface area contributed by atoms with Crippen LogP contribution < -0.4 is 20.4 Å². The third kappa shape index (κ3) is 8.01. The van der Waals surface area contributed by atoms with E-state index in [0.29, 0.717) is 50.6 Å². The summed E-state index contributed by atoms with van der Waals surface area (Å²) >= 11 is 5.28. The second-order valence-corrected chi connectivity index (χ2v) is 11.4. The van der Waals surface area contributed by atoms with Gasteiger partial charge in [-0.2, -0.15) is 0 Å². The number of ether oxygens (including phenoxy) is 1. The lowest BCUT2D eigenvalue weighted by Gasteiger charge is -2.38. The molecule has 2 N–H and O–H groups in total. The molecule has 0 unspecified atom stereocenters. The van der Waals surface area contributed by atoms with Crippen LogP contribution in [-0.2, 0) is 14.3 Å². The average Bonchev–Trinajstić information content (AvgIpc) is 2.96. The zero-order chi connectivity index (χ0) is 29.6. The van der Waals surface area contributed by atoms with Crippen molar-refractivity contribution in [2.24, 2.45) is 5.41 Å². The molecule has 0 atom stereocenters. The van der Waals surface area contributed by atoms with E-state index in [4.69, 9.17) is 17.0 Å². The van der Waals surface area contributed by atoms with Gasteiger partial charge in [0.05, 0.1) is 18.1 Å². The molecule has 218 valence electrons. The summed E-state index contributed by atoms with van der Waals surface area (Å²) in [5.74, 6) is -0.285. The molecule has 2 heterocycles. The highest BCUT2D eigenvalue weighted by Crippen LogP contribution is 2.30. The molecule has 12 heteroatoms. The van der Waals surface area contributed by atoms with Gasteiger partial charge in [0, 0.05) is 68.2 Å². The smallest absolute Gasteiger partial charge is 0.293 e. The van der Waals surface area contributed by atoms with E-state index in [2.05, 4.69) is 15.5 Å². The highest BCUT2D eigenvalue weighted by atomic mass is 32.1. The van der Waals surface area contributed by atoms with Crippen LogP contribution in [0, 0.1) is 15.5 Å². The lowest BCUT2D eigenvalue weighted by molar-refractivity contribution is -0.384. The number of thiocarbonyl (C=S) groups is 1. The van der Waals surface area contributed by atoms with Gasteiger partial charge in [-0.15, -0.1) is 0 Å². The van der Waals surface area contributed by atoms with E-state index in [0.717, 1.165) is 24.5 Å². The number of carbonyl (C=O) groups is 2. The largest absolute Gasteiger partial charge is 0.378 e. The molecule has 4 rings (SSSR count). The molecule has 2 aromatic carbocycles. The third-order valence-corrected chi connectivity index (χ3v) is 7.11. The van der Waals surface area contributed by atoms with Crippen LogP contribution in [0.4, 0.5) is 22.7 Å². The molecule has 2 fully saturated rings. The number of hydrogen-bond acceptors (Lipinski definition) is 8. The monoisotopic (exact) mass is 580 g/mol. The van der Waals surface area contributed by atoms with Crippen molar-refractivity contribution in [2.45, 2.75) is 20.8 Å². The van der Waals surface area contributed by atoms with E-state index in [1.54, 1.807) is 12.1 Å². The highest BCUT2D eigenvalue weighted by molar-refractivity contribution is 7.80. The Kier molecular flexibility index (Phi) is 9.56. The summed E-state index contributed by atoms with van der Waals surface area (Å²) in [7, 11) is 0. The number of nitrogens with one attached hydrogen (secondary N) is 2. The fourth-order valence-electron chi connectivity index (χ4n) is 4.75. The molecule has 2 aromatic rings. The van der Waals surface area contributed by atoms with Crippen LogP contribution >= 0.6 is 12.2 Å². The van der Waals surface area contributed by atoms with Crippen molar-refractivity contribution in [1.29, 1.82) is 0 Å². The van der Waals surface area contributed by atoms with Gasteiger partial charge in [-0.25, -0.2) is 0 Å². The molecule has 0 radical (unpaired) electrons. The minimum Gasteiger partial charge on any atom is -0.378 e. The highest BCUT2D eigenvalue weighted by Gasteiger charge is 2.29. The van der Waals surface area contributed by atoms with Crippen molar-refractivity contribution in [3.05, 3.63) is 64.2 Å². The number of nitrogens with zero attached hydrogens (tertiary/aromatic N) is 4. The molecule has 0 aliphatic carbocycles. The summed E-state index contributed by atoms with van der Waals surface area (Å²) in [5, 5.41) is 17.4. The van der Waals surface area contributed by atoms with E-state index >= 15 is 0 Å². The molecular formula is C29H36N6O5S. The number of rotatable bonds is 6. The quantitative estimate of drug-likeness (QED) is 0.228. The van der Waals surface area contributed by atoms with Gasteiger partial charge < -0.3 is 24.8 Å². The van der Waals surface area contributed by atoms with Crippen LogP contribution in [0.3, 0.4) is 0 Å². The molecule has 0 saturated carbocycles. The predicted molar refractivity (Wildman–Crippen MR) is 164 cm³/mol. The zero-order valence-corrected chi connectivity index (χ0v) is 24.4. The van der Waals surface area contributed by atoms with Crippen molar-refractivity contribution in [3.63, 3.8) is 0 Å². The number of carbonyl (C=O) groups excluding carboxylic acids is 2. The Labute approximate surface area is 245 Å². The van der Waals surface area contributed by atoms with Crippen molar-refractivity contribution in [1.82, 2.24) is 10.2 Å². The number of benzene rings is 2. The first kappa shape index (κ1) is 29.9. The number of anilines is 3. The summed E-state index contributed by atoms with van der Waals surface area (Å²) in [6.45, 7) is 10.9. The first-order valence-electron chi connectivity index (χ1n) is 13.6. The maximum atomic E-state index is 12.5. The van der Waals surface area contributed by atoms with Crippen LogP contribution in [0.15, 0.2) is 48.5 Å². The van der Waals surface area contributed by atoms with E-state index in [9.17, 15) is 19.7 Å². The fourth-order valence-corrected chi connectivity index (χ4v) is 4.97. The topological polar surface area (TPSA) is 120 Å². The fraction of sp³-hybridized carbons (Fsp3) is 0.414. The van der Waals surface area contributed by atoms with Crippen LogP contribution in [0.2, 0.25) is 0 Å². The summed E-state index contributed by atoms with van der Waals surface area (Å²) in [4.78, 5) is 42.3. The van der Waals surface area contributed by atoms with Gasteiger partial charge in [-0.05, 0) is 54.2 Å². The predicted octanol–water partition coefficient (Wildman–Crippen LogP) is 3.65. The van der Waals surface area contributed by atoms with Gasteiger partial charge in [0.1, 0.15) is 5.69 Å². The van der Waals surface area contributed by atoms with Crippen molar-refractivity contribution >= 4 is 58.0 Å². The normalized spacial score (nSPS) is 16.0. The van der Waals surface area contributed by atoms with E-state index in [1.807, 2.05) is 54.8 Å². The van der Waals surface area contributed by atoms with Gasteiger partial charge in [0.25, 0.3) is 5.69 Å². The minimum atomic E-state index is -0.457. The summed E-state index contributed by atoms with van der Waals surface area (Å²) in [6, 6.07) is 12.6. The van der Waals surface area contributed by atoms with Crippen LogP contribution in [0.5, 0.6) is 0 Å². The first-order valence-corrected chi connectivity index (χ1v) is 14.0. The van der Waals surface area contributed by atoms with Crippen molar-refractivity contribution < 1.29 is 19.2 Å². The zero-order valence-electron chi connectivity index (χ0n) is 23.6. The Morgan fingerprint density at radius 2 is 1.63 bits per heavy atom. The summed E-state index contributed by atoms with van der Waals surface area (Å²) in [6.07, 6.45) is 2.80. The molecule has 2 saturated heterocycles. The van der Waals surface area contributed by atoms with Gasteiger partial charge in [-0.3, -0.25) is 25.0 Å². The summed E-state index contributed by atoms with van der Waals surface area (Å²) < 4.78 is 5.33. The molecule has 0 bridgehead atoms. The van der Waals surface area contributed by atoms with Crippen LogP contribution in [-0.4, -0.2) is 79.2 Å². The lowest BCUT2D eigenvalue weighted by Crippen LogP contribution is -2.51. The molecule has 2 aliphatic rings. The number of piperazine rings is 1. The van der Waals surface area contributed by atoms with E-state index in [1.165, 1.54) is 18.2 Å². The molecule has 11 nitrogen and oxygen atoms in total. The summed E-state index contributed by atoms with van der Waals surface area (Å²) in [5.41, 5.74) is 2.43. The third-order valence-electron chi connectivity index (χ3n) is 6.91. The Morgan fingerprint density at radius 3 is 2.24 bits per heavy atom. The van der Waals surface area contributed by atoms with Gasteiger partial charge >= 0.3 is 0 Å². The Morgan fingerprint density at radius 1 is 0.976 bits per heavy atom. The molecule has 0 aromatic heterocycles. The number of hydrogen-bond donors (Lipinski definition) is 2. The van der Waals surface area contributed by atoms with Crippen LogP contribution in [0.25, 0.3) is 6.08 Å². The number of morpholine rings is 1. The van der Waals surface area contributed by atoms with Crippen molar-refractivity contribution in [2.75, 3.05) is 67.6 Å². The molecule has 2 aliphatic heterocycles. The molecule has 41 heavy (non-hydrogen) atoms. The molecule has 0 spiro atoms. The Bertz CT molecular complexity index is 1310. The van der Waals surface area contributed by atoms with Gasteiger partial charge in [0.15, 0.2) is 5.11 Å². The number of amides is 2. The second-order valence-electron chi connectivity index (χ2n) is 11.0. The van der Waals surface area contributed by atoms with Gasteiger partial charge in [-0.1, -0.05) is 26.8 Å². The second kappa shape index (κ2) is 13.1. The number of nitro benzene ring substituents is 1. The van der Waals surface area contributed by atoms with Gasteiger partial charge in [0.2, 0.25) is 11.8 Å². The maximum absolute atomic E-state index is 12.5. The minimum absolute atomic E-state index is 0.0182. The van der Waals surface area contributed by atoms with E-state index in [-0.39, 0.29) is 22.1 Å². The lowest BCUT2D eigenvalue weighted by atomic mass is 9.94. The SMILES string of the molecule is CC(C)(C)C(=O)N1CCN(c2ccc(NC(=S)NC(=O)/C=C/c3ccc(N4CCOCC4)c([N+](=O)[O-])c3)cc2)CC1. The first-order chi connectivity index (χ1) is 19.5. The Balaban J connectivity index is 1.28. The van der Waals surface area contributed by atoms with Crippen LogP contribution in [0.1, 0.15) is 26.3 Å². The molecule has 2 amide bonds. The number of nitro groups is 1. The maximum Gasteiger partial charge on any atom is 0.293 e.